The molecule has 0 saturated carbocycles. The summed E-state index contributed by atoms with van der Waals surface area (Å²) in [7, 11) is 0. The molecule has 20 heavy (non-hydrogen) atoms. The van der Waals surface area contributed by atoms with Crippen molar-refractivity contribution in [1.82, 2.24) is 9.97 Å². The number of anilines is 2. The molecule has 2 aromatic heterocycles. The lowest BCUT2D eigenvalue weighted by Gasteiger charge is -2.16. The van der Waals surface area contributed by atoms with E-state index >= 15 is 0 Å². The Morgan fingerprint density at radius 2 is 1.95 bits per heavy atom. The van der Waals surface area contributed by atoms with E-state index in [-0.39, 0.29) is 6.04 Å². The predicted molar refractivity (Wildman–Crippen MR) is 82.4 cm³/mol. The highest BCUT2D eigenvalue weighted by molar-refractivity contribution is 5.92. The van der Waals surface area contributed by atoms with Crippen molar-refractivity contribution in [1.29, 1.82) is 0 Å². The highest BCUT2D eigenvalue weighted by Crippen LogP contribution is 2.26. The number of nitrogen functional groups attached to an aromatic ring is 1. The van der Waals surface area contributed by atoms with Crippen LogP contribution in [0, 0.1) is 0 Å². The minimum absolute atomic E-state index is 0.124. The molecule has 0 fully saturated rings. The number of benzene rings is 1. The minimum Gasteiger partial charge on any atom is -0.399 e. The van der Waals surface area contributed by atoms with Crippen LogP contribution in [-0.4, -0.2) is 9.97 Å². The molecular weight excluding hydrogens is 248 g/mol. The average molecular weight is 264 g/mol. The van der Waals surface area contributed by atoms with Gasteiger partial charge in [0.1, 0.15) is 0 Å². The standard InChI is InChI=1S/C16H16N4/c1-11(14-4-2-3-8-18-14)20-15-7-9-19-16-10-12(17)5-6-13(15)16/h2-11H,17H2,1H3,(H,19,20). The Balaban J connectivity index is 1.95. The van der Waals surface area contributed by atoms with Gasteiger partial charge in [0.2, 0.25) is 0 Å². The lowest BCUT2D eigenvalue weighted by atomic mass is 10.1. The van der Waals surface area contributed by atoms with Gasteiger partial charge in [0.25, 0.3) is 0 Å². The van der Waals surface area contributed by atoms with Gasteiger partial charge in [-0.25, -0.2) is 0 Å². The Kier molecular flexibility index (Phi) is 3.21. The topological polar surface area (TPSA) is 63.8 Å². The lowest BCUT2D eigenvalue weighted by Crippen LogP contribution is -2.08. The van der Waals surface area contributed by atoms with Gasteiger partial charge in [0.15, 0.2) is 0 Å². The van der Waals surface area contributed by atoms with Crippen molar-refractivity contribution in [3.63, 3.8) is 0 Å². The fraction of sp³-hybridized carbons (Fsp3) is 0.125. The smallest absolute Gasteiger partial charge is 0.0743 e. The molecular formula is C16H16N4. The molecule has 3 aromatic rings. The van der Waals surface area contributed by atoms with E-state index in [1.165, 1.54) is 0 Å². The summed E-state index contributed by atoms with van der Waals surface area (Å²) in [4.78, 5) is 8.72. The molecule has 0 saturated heterocycles. The summed E-state index contributed by atoms with van der Waals surface area (Å²) >= 11 is 0. The van der Waals surface area contributed by atoms with Crippen molar-refractivity contribution < 1.29 is 0 Å². The Hall–Kier alpha value is -2.62. The van der Waals surface area contributed by atoms with Gasteiger partial charge in [-0.2, -0.15) is 0 Å². The molecule has 4 nitrogen and oxygen atoms in total. The van der Waals surface area contributed by atoms with E-state index in [1.807, 2.05) is 42.5 Å². The number of hydrogen-bond donors (Lipinski definition) is 2. The number of rotatable bonds is 3. The zero-order chi connectivity index (χ0) is 13.9. The first-order valence-corrected chi connectivity index (χ1v) is 6.56. The normalized spacial score (nSPS) is 12.2. The average Bonchev–Trinajstić information content (AvgIpc) is 2.48. The number of fused-ring (bicyclic) bond motifs is 1. The van der Waals surface area contributed by atoms with Crippen molar-refractivity contribution in [2.24, 2.45) is 0 Å². The van der Waals surface area contributed by atoms with Crippen LogP contribution in [0.25, 0.3) is 10.9 Å². The van der Waals surface area contributed by atoms with E-state index in [4.69, 9.17) is 5.73 Å². The molecule has 0 aliphatic heterocycles. The minimum atomic E-state index is 0.124. The fourth-order valence-corrected chi connectivity index (χ4v) is 2.23. The molecule has 0 aliphatic carbocycles. The molecule has 1 aromatic carbocycles. The van der Waals surface area contributed by atoms with Gasteiger partial charge in [-0.3, -0.25) is 9.97 Å². The SMILES string of the molecule is CC(Nc1ccnc2cc(N)ccc12)c1ccccn1. The van der Waals surface area contributed by atoms with Crippen LogP contribution in [0.3, 0.4) is 0 Å². The van der Waals surface area contributed by atoms with E-state index < -0.39 is 0 Å². The van der Waals surface area contributed by atoms with E-state index in [1.54, 1.807) is 12.4 Å². The van der Waals surface area contributed by atoms with E-state index in [2.05, 4.69) is 22.2 Å². The maximum atomic E-state index is 5.80. The quantitative estimate of drug-likeness (QED) is 0.712. The second-order valence-corrected chi connectivity index (χ2v) is 4.76. The summed E-state index contributed by atoms with van der Waals surface area (Å²) in [5.74, 6) is 0. The van der Waals surface area contributed by atoms with Crippen molar-refractivity contribution >= 4 is 22.3 Å². The summed E-state index contributed by atoms with van der Waals surface area (Å²) < 4.78 is 0. The van der Waals surface area contributed by atoms with Gasteiger partial charge in [0, 0.05) is 29.2 Å². The summed E-state index contributed by atoms with van der Waals surface area (Å²) in [6, 6.07) is 13.8. The van der Waals surface area contributed by atoms with Crippen LogP contribution >= 0.6 is 0 Å². The van der Waals surface area contributed by atoms with Crippen molar-refractivity contribution in [2.45, 2.75) is 13.0 Å². The largest absolute Gasteiger partial charge is 0.399 e. The van der Waals surface area contributed by atoms with Crippen LogP contribution in [0.1, 0.15) is 18.7 Å². The summed E-state index contributed by atoms with van der Waals surface area (Å²) in [5.41, 5.74) is 9.45. The molecule has 0 aliphatic rings. The molecule has 2 heterocycles. The first kappa shape index (κ1) is 12.4. The van der Waals surface area contributed by atoms with E-state index in [9.17, 15) is 0 Å². The first-order chi connectivity index (χ1) is 9.74. The molecule has 0 amide bonds. The predicted octanol–water partition coefficient (Wildman–Crippen LogP) is 3.39. The molecule has 1 atom stereocenters. The Labute approximate surface area is 117 Å². The molecule has 0 bridgehead atoms. The fourth-order valence-electron chi connectivity index (χ4n) is 2.23. The number of aromatic nitrogens is 2. The molecule has 3 rings (SSSR count). The number of hydrogen-bond acceptors (Lipinski definition) is 4. The Morgan fingerprint density at radius 1 is 1.05 bits per heavy atom. The van der Waals surface area contributed by atoms with Crippen LogP contribution in [0.15, 0.2) is 54.9 Å². The zero-order valence-corrected chi connectivity index (χ0v) is 11.2. The van der Waals surface area contributed by atoms with Crippen LogP contribution in [0.2, 0.25) is 0 Å². The van der Waals surface area contributed by atoms with Gasteiger partial charge in [0.05, 0.1) is 17.3 Å². The number of nitrogens with zero attached hydrogens (tertiary/aromatic N) is 2. The first-order valence-electron chi connectivity index (χ1n) is 6.56. The third-order valence-corrected chi connectivity index (χ3v) is 3.27. The van der Waals surface area contributed by atoms with Crippen molar-refractivity contribution in [3.8, 4) is 0 Å². The van der Waals surface area contributed by atoms with Gasteiger partial charge < -0.3 is 11.1 Å². The third kappa shape index (κ3) is 2.40. The lowest BCUT2D eigenvalue weighted by molar-refractivity contribution is 0.841. The highest BCUT2D eigenvalue weighted by Gasteiger charge is 2.08. The number of pyridine rings is 2. The monoisotopic (exact) mass is 264 g/mol. The summed E-state index contributed by atoms with van der Waals surface area (Å²) in [5, 5.41) is 4.54. The molecule has 3 N–H and O–H groups in total. The highest BCUT2D eigenvalue weighted by atomic mass is 14.9. The summed E-state index contributed by atoms with van der Waals surface area (Å²) in [6.07, 6.45) is 3.59. The van der Waals surface area contributed by atoms with Crippen molar-refractivity contribution in [2.75, 3.05) is 11.1 Å². The van der Waals surface area contributed by atoms with Crippen LogP contribution in [0.4, 0.5) is 11.4 Å². The van der Waals surface area contributed by atoms with Gasteiger partial charge in [-0.15, -0.1) is 0 Å². The van der Waals surface area contributed by atoms with Crippen LogP contribution in [-0.2, 0) is 0 Å². The Bertz CT molecular complexity index is 725. The maximum absolute atomic E-state index is 5.80. The second-order valence-electron chi connectivity index (χ2n) is 4.76. The van der Waals surface area contributed by atoms with E-state index in [0.29, 0.717) is 0 Å². The van der Waals surface area contributed by atoms with Gasteiger partial charge in [-0.1, -0.05) is 6.07 Å². The molecule has 0 spiro atoms. The van der Waals surface area contributed by atoms with Gasteiger partial charge in [-0.05, 0) is 43.3 Å². The number of nitrogens with one attached hydrogen (secondary N) is 1. The Morgan fingerprint density at radius 3 is 2.75 bits per heavy atom. The summed E-state index contributed by atoms with van der Waals surface area (Å²) in [6.45, 7) is 2.09. The van der Waals surface area contributed by atoms with E-state index in [0.717, 1.165) is 28.0 Å². The van der Waals surface area contributed by atoms with Crippen molar-refractivity contribution in [3.05, 3.63) is 60.6 Å². The number of nitrogens with two attached hydrogens (primary N) is 1. The molecule has 4 heteroatoms. The maximum Gasteiger partial charge on any atom is 0.0743 e. The zero-order valence-electron chi connectivity index (χ0n) is 11.2. The molecule has 1 unspecified atom stereocenters. The van der Waals surface area contributed by atoms with Crippen LogP contribution < -0.4 is 11.1 Å². The third-order valence-electron chi connectivity index (χ3n) is 3.27. The van der Waals surface area contributed by atoms with Gasteiger partial charge >= 0.3 is 0 Å². The second kappa shape index (κ2) is 5.17. The molecule has 0 radical (unpaired) electrons. The molecule has 100 valence electrons. The van der Waals surface area contributed by atoms with Crippen LogP contribution in [0.5, 0.6) is 0 Å².